The molecule has 1 fully saturated rings. The average molecular weight is 338 g/mol. The van der Waals surface area contributed by atoms with E-state index >= 15 is 0 Å². The lowest BCUT2D eigenvalue weighted by atomic mass is 9.89. The smallest absolute Gasteiger partial charge is 0.220 e. The molecule has 0 heterocycles. The van der Waals surface area contributed by atoms with E-state index in [1.165, 1.54) is 36.8 Å². The van der Waals surface area contributed by atoms with Gasteiger partial charge in [0.05, 0.1) is 0 Å². The van der Waals surface area contributed by atoms with Crippen LogP contribution in [0.1, 0.15) is 43.2 Å². The number of aryl methyl sites for hydroxylation is 2. The van der Waals surface area contributed by atoms with Crippen molar-refractivity contribution in [3.05, 3.63) is 35.4 Å². The first-order chi connectivity index (χ1) is 9.65. The van der Waals surface area contributed by atoms with Crippen LogP contribution in [0.3, 0.4) is 0 Å². The first-order valence-corrected chi connectivity index (χ1v) is 8.53. The summed E-state index contributed by atoms with van der Waals surface area (Å²) in [6, 6.07) is 8.42. The Labute approximate surface area is 130 Å². The minimum Gasteiger partial charge on any atom is -0.356 e. The molecule has 3 heteroatoms. The predicted molar refractivity (Wildman–Crippen MR) is 87.2 cm³/mol. The normalized spacial score (nSPS) is 22.5. The maximum absolute atomic E-state index is 11.9. The molecule has 1 saturated carbocycles. The highest BCUT2D eigenvalue weighted by Gasteiger charge is 2.22. The first kappa shape index (κ1) is 15.6. The van der Waals surface area contributed by atoms with Crippen LogP contribution in [-0.4, -0.2) is 17.3 Å². The van der Waals surface area contributed by atoms with Crippen LogP contribution in [0.15, 0.2) is 24.3 Å². The lowest BCUT2D eigenvalue weighted by molar-refractivity contribution is -0.121. The van der Waals surface area contributed by atoms with Gasteiger partial charge in [0.2, 0.25) is 5.91 Å². The topological polar surface area (TPSA) is 29.1 Å². The van der Waals surface area contributed by atoms with Gasteiger partial charge in [-0.25, -0.2) is 0 Å². The number of rotatable bonds is 5. The quantitative estimate of drug-likeness (QED) is 0.808. The van der Waals surface area contributed by atoms with Crippen molar-refractivity contribution >= 4 is 21.8 Å². The Morgan fingerprint density at radius 3 is 2.65 bits per heavy atom. The summed E-state index contributed by atoms with van der Waals surface area (Å²) in [5, 5.41) is 3.10. The maximum atomic E-state index is 11.9. The number of carbonyl (C=O) groups excluding carboxylic acids is 1. The summed E-state index contributed by atoms with van der Waals surface area (Å²) in [4.78, 5) is 12.5. The number of carbonyl (C=O) groups is 1. The molecule has 2 atom stereocenters. The van der Waals surface area contributed by atoms with E-state index in [1.54, 1.807) is 0 Å². The monoisotopic (exact) mass is 337 g/mol. The van der Waals surface area contributed by atoms with Crippen molar-refractivity contribution in [2.45, 2.75) is 50.3 Å². The predicted octanol–water partition coefficient (Wildman–Crippen LogP) is 4.00. The second-order valence-corrected chi connectivity index (χ2v) is 7.03. The van der Waals surface area contributed by atoms with Gasteiger partial charge in [-0.2, -0.15) is 0 Å². The molecule has 0 aromatic heterocycles. The minimum absolute atomic E-state index is 0.177. The molecule has 1 amide bonds. The number of alkyl halides is 1. The Balaban J connectivity index is 1.68. The summed E-state index contributed by atoms with van der Waals surface area (Å²) in [7, 11) is 0. The number of hydrogen-bond donors (Lipinski definition) is 1. The minimum atomic E-state index is 0.177. The van der Waals surface area contributed by atoms with Crippen LogP contribution in [0.25, 0.3) is 0 Å². The highest BCUT2D eigenvalue weighted by Crippen LogP contribution is 2.29. The molecular weight excluding hydrogens is 314 g/mol. The van der Waals surface area contributed by atoms with E-state index in [2.05, 4.69) is 52.4 Å². The standard InChI is InChI=1S/C17H24BrNO/c1-13-6-8-14(9-7-13)10-11-17(20)19-12-15-4-2-3-5-16(15)18/h6-9,15-16H,2-5,10-12H2,1H3,(H,19,20). The number of nitrogens with one attached hydrogen (secondary N) is 1. The molecule has 1 N–H and O–H groups in total. The van der Waals surface area contributed by atoms with Gasteiger partial charge in [-0.05, 0) is 37.7 Å². The van der Waals surface area contributed by atoms with Crippen LogP contribution < -0.4 is 5.32 Å². The molecule has 2 nitrogen and oxygen atoms in total. The molecule has 1 aromatic carbocycles. The molecule has 20 heavy (non-hydrogen) atoms. The van der Waals surface area contributed by atoms with Crippen LogP contribution in [0, 0.1) is 12.8 Å². The van der Waals surface area contributed by atoms with Crippen LogP contribution in [-0.2, 0) is 11.2 Å². The van der Waals surface area contributed by atoms with Crippen molar-refractivity contribution < 1.29 is 4.79 Å². The third kappa shape index (κ3) is 4.93. The van der Waals surface area contributed by atoms with Gasteiger partial charge in [-0.3, -0.25) is 4.79 Å². The van der Waals surface area contributed by atoms with Crippen molar-refractivity contribution in [3.63, 3.8) is 0 Å². The average Bonchev–Trinajstić information content (AvgIpc) is 2.46. The largest absolute Gasteiger partial charge is 0.356 e. The lowest BCUT2D eigenvalue weighted by Gasteiger charge is -2.27. The maximum Gasteiger partial charge on any atom is 0.220 e. The fourth-order valence-electron chi connectivity index (χ4n) is 2.74. The summed E-state index contributed by atoms with van der Waals surface area (Å²) >= 11 is 3.74. The highest BCUT2D eigenvalue weighted by molar-refractivity contribution is 9.09. The Hall–Kier alpha value is -0.830. The van der Waals surface area contributed by atoms with E-state index in [0.717, 1.165) is 13.0 Å². The van der Waals surface area contributed by atoms with Crippen molar-refractivity contribution in [2.75, 3.05) is 6.54 Å². The number of amides is 1. The van der Waals surface area contributed by atoms with Gasteiger partial charge >= 0.3 is 0 Å². The van der Waals surface area contributed by atoms with Gasteiger partial charge in [0.1, 0.15) is 0 Å². The summed E-state index contributed by atoms with van der Waals surface area (Å²) in [5.74, 6) is 0.780. The molecule has 0 spiro atoms. The van der Waals surface area contributed by atoms with E-state index < -0.39 is 0 Å². The van der Waals surface area contributed by atoms with Crippen molar-refractivity contribution in [2.24, 2.45) is 5.92 Å². The van der Waals surface area contributed by atoms with Crippen LogP contribution >= 0.6 is 15.9 Å². The molecule has 1 aliphatic rings. The number of benzene rings is 1. The van der Waals surface area contributed by atoms with E-state index in [4.69, 9.17) is 0 Å². The van der Waals surface area contributed by atoms with Crippen LogP contribution in [0.4, 0.5) is 0 Å². The molecule has 2 rings (SSSR count). The Morgan fingerprint density at radius 1 is 1.25 bits per heavy atom. The summed E-state index contributed by atoms with van der Waals surface area (Å²) in [6.07, 6.45) is 6.50. The molecule has 2 unspecified atom stereocenters. The van der Waals surface area contributed by atoms with E-state index in [1.807, 2.05) is 0 Å². The van der Waals surface area contributed by atoms with Gasteiger partial charge in [-0.1, -0.05) is 58.6 Å². The van der Waals surface area contributed by atoms with Gasteiger partial charge in [0, 0.05) is 17.8 Å². The van der Waals surface area contributed by atoms with Crippen molar-refractivity contribution in [1.29, 1.82) is 0 Å². The van der Waals surface area contributed by atoms with Gasteiger partial charge in [0.25, 0.3) is 0 Å². The Morgan fingerprint density at radius 2 is 1.95 bits per heavy atom. The SMILES string of the molecule is Cc1ccc(CCC(=O)NCC2CCCCC2Br)cc1. The van der Waals surface area contributed by atoms with Gasteiger partial charge in [0.15, 0.2) is 0 Å². The van der Waals surface area contributed by atoms with E-state index in [0.29, 0.717) is 17.2 Å². The second-order valence-electron chi connectivity index (χ2n) is 5.85. The zero-order chi connectivity index (χ0) is 14.4. The highest BCUT2D eigenvalue weighted by atomic mass is 79.9. The fraction of sp³-hybridized carbons (Fsp3) is 0.588. The Bertz CT molecular complexity index is 429. The van der Waals surface area contributed by atoms with Crippen molar-refractivity contribution in [1.82, 2.24) is 5.32 Å². The molecule has 0 aliphatic heterocycles. The lowest BCUT2D eigenvalue weighted by Crippen LogP contribution is -2.34. The van der Waals surface area contributed by atoms with Crippen LogP contribution in [0.2, 0.25) is 0 Å². The molecule has 1 aliphatic carbocycles. The molecule has 110 valence electrons. The molecular formula is C17H24BrNO. The van der Waals surface area contributed by atoms with Gasteiger partial charge in [-0.15, -0.1) is 0 Å². The third-order valence-corrected chi connectivity index (χ3v) is 5.34. The molecule has 0 saturated heterocycles. The summed E-state index contributed by atoms with van der Waals surface area (Å²) < 4.78 is 0. The number of hydrogen-bond acceptors (Lipinski definition) is 1. The first-order valence-electron chi connectivity index (χ1n) is 7.61. The number of halogens is 1. The third-order valence-electron chi connectivity index (χ3n) is 4.14. The molecule has 0 bridgehead atoms. The van der Waals surface area contributed by atoms with Crippen molar-refractivity contribution in [3.8, 4) is 0 Å². The van der Waals surface area contributed by atoms with Crippen LogP contribution in [0.5, 0.6) is 0 Å². The van der Waals surface area contributed by atoms with E-state index in [-0.39, 0.29) is 5.91 Å². The molecule has 0 radical (unpaired) electrons. The summed E-state index contributed by atoms with van der Waals surface area (Å²) in [5.41, 5.74) is 2.50. The fourth-order valence-corrected chi connectivity index (χ4v) is 3.51. The van der Waals surface area contributed by atoms with E-state index in [9.17, 15) is 4.79 Å². The second kappa shape index (κ2) is 7.82. The molecule has 1 aromatic rings. The Kier molecular flexibility index (Phi) is 6.08. The van der Waals surface area contributed by atoms with Gasteiger partial charge < -0.3 is 5.32 Å². The summed E-state index contributed by atoms with van der Waals surface area (Å²) in [6.45, 7) is 2.90. The zero-order valence-electron chi connectivity index (χ0n) is 12.2. The zero-order valence-corrected chi connectivity index (χ0v) is 13.8.